The minimum Gasteiger partial charge on any atom is -0.343 e. The largest absolute Gasteiger partial charge is 0.343 e. The van der Waals surface area contributed by atoms with Gasteiger partial charge in [0.2, 0.25) is 5.91 Å². The molecule has 0 saturated carbocycles. The van der Waals surface area contributed by atoms with Crippen molar-refractivity contribution in [2.45, 2.75) is 25.2 Å². The van der Waals surface area contributed by atoms with E-state index >= 15 is 0 Å². The molecule has 1 aromatic rings. The smallest absolute Gasteiger partial charge is 0.223 e. The van der Waals surface area contributed by atoms with E-state index in [-0.39, 0.29) is 5.91 Å². The number of amides is 1. The minimum atomic E-state index is 0.233. The van der Waals surface area contributed by atoms with Crippen LogP contribution in [0.25, 0.3) is 0 Å². The summed E-state index contributed by atoms with van der Waals surface area (Å²) in [6.07, 6.45) is 0.592. The maximum atomic E-state index is 11.7. The molecule has 0 saturated heterocycles. The Balaban J connectivity index is 2.32. The topological polar surface area (TPSA) is 20.3 Å². The second kappa shape index (κ2) is 7.62. The van der Waals surface area contributed by atoms with Crippen LogP contribution in [0.5, 0.6) is 0 Å². The fraction of sp³-hybridized carbons (Fsp3) is 0.462. The molecule has 0 aromatic heterocycles. The molecule has 4 heteroatoms. The standard InChI is InChI=1S/C13H18ClNOS/c1-3-15(4-2)13(16)9-10-17-12-7-5-11(14)6-8-12/h5-8H,3-4,9-10H2,1-2H3. The van der Waals surface area contributed by atoms with Crippen LogP contribution in [0, 0.1) is 0 Å². The molecule has 0 heterocycles. The summed E-state index contributed by atoms with van der Waals surface area (Å²) in [5, 5.41) is 0.744. The molecule has 2 nitrogen and oxygen atoms in total. The van der Waals surface area contributed by atoms with Crippen molar-refractivity contribution in [2.75, 3.05) is 18.8 Å². The van der Waals surface area contributed by atoms with Gasteiger partial charge in [0.15, 0.2) is 0 Å². The van der Waals surface area contributed by atoms with Gasteiger partial charge in [0.25, 0.3) is 0 Å². The Morgan fingerprint density at radius 3 is 2.35 bits per heavy atom. The maximum absolute atomic E-state index is 11.7. The Bertz CT molecular complexity index is 349. The van der Waals surface area contributed by atoms with Gasteiger partial charge in [-0.3, -0.25) is 4.79 Å². The van der Waals surface area contributed by atoms with Crippen LogP contribution in [0.15, 0.2) is 29.2 Å². The van der Waals surface area contributed by atoms with Crippen molar-refractivity contribution in [1.29, 1.82) is 0 Å². The van der Waals surface area contributed by atoms with Crippen LogP contribution in [0.3, 0.4) is 0 Å². The average molecular weight is 272 g/mol. The highest BCUT2D eigenvalue weighted by Crippen LogP contribution is 2.21. The molecule has 17 heavy (non-hydrogen) atoms. The van der Waals surface area contributed by atoms with Crippen LogP contribution in [0.1, 0.15) is 20.3 Å². The lowest BCUT2D eigenvalue weighted by molar-refractivity contribution is -0.130. The highest BCUT2D eigenvalue weighted by molar-refractivity contribution is 7.99. The van der Waals surface area contributed by atoms with Gasteiger partial charge in [-0.1, -0.05) is 11.6 Å². The third-order valence-electron chi connectivity index (χ3n) is 2.51. The molecule has 0 fully saturated rings. The molecule has 0 radical (unpaired) electrons. The van der Waals surface area contributed by atoms with Crippen LogP contribution in [-0.4, -0.2) is 29.6 Å². The third kappa shape index (κ3) is 5.00. The number of rotatable bonds is 6. The zero-order valence-corrected chi connectivity index (χ0v) is 11.9. The Morgan fingerprint density at radius 2 is 1.82 bits per heavy atom. The lowest BCUT2D eigenvalue weighted by Gasteiger charge is -2.18. The normalized spacial score (nSPS) is 10.3. The predicted molar refractivity (Wildman–Crippen MR) is 74.7 cm³/mol. The van der Waals surface area contributed by atoms with Crippen molar-refractivity contribution in [2.24, 2.45) is 0 Å². The average Bonchev–Trinajstić information content (AvgIpc) is 2.33. The maximum Gasteiger partial charge on any atom is 0.223 e. The number of hydrogen-bond acceptors (Lipinski definition) is 2. The molecular formula is C13H18ClNOS. The van der Waals surface area contributed by atoms with Crippen molar-refractivity contribution >= 4 is 29.3 Å². The van der Waals surface area contributed by atoms with E-state index in [1.165, 1.54) is 0 Å². The first-order valence-corrected chi connectivity index (χ1v) is 7.19. The number of hydrogen-bond donors (Lipinski definition) is 0. The summed E-state index contributed by atoms with van der Waals surface area (Å²) in [5.74, 6) is 1.05. The Morgan fingerprint density at radius 1 is 1.24 bits per heavy atom. The predicted octanol–water partition coefficient (Wildman–Crippen LogP) is 3.69. The highest BCUT2D eigenvalue weighted by Gasteiger charge is 2.08. The van der Waals surface area contributed by atoms with Gasteiger partial charge in [-0.05, 0) is 38.1 Å². The number of carbonyl (C=O) groups is 1. The first-order chi connectivity index (χ1) is 8.17. The molecule has 0 spiro atoms. The molecule has 94 valence electrons. The molecule has 1 amide bonds. The number of nitrogens with zero attached hydrogens (tertiary/aromatic N) is 1. The van der Waals surface area contributed by atoms with Gasteiger partial charge in [-0.15, -0.1) is 11.8 Å². The summed E-state index contributed by atoms with van der Waals surface area (Å²) in [6, 6.07) is 7.70. The summed E-state index contributed by atoms with van der Waals surface area (Å²) >= 11 is 7.49. The van der Waals surface area contributed by atoms with Crippen LogP contribution >= 0.6 is 23.4 Å². The zero-order chi connectivity index (χ0) is 12.7. The quantitative estimate of drug-likeness (QED) is 0.736. The summed E-state index contributed by atoms with van der Waals surface area (Å²) in [6.45, 7) is 5.60. The Kier molecular flexibility index (Phi) is 6.45. The molecule has 1 aromatic carbocycles. The second-order valence-corrected chi connectivity index (χ2v) is 5.22. The fourth-order valence-electron chi connectivity index (χ4n) is 1.52. The van der Waals surface area contributed by atoms with Crippen LogP contribution in [0.2, 0.25) is 5.02 Å². The Labute approximate surface area is 112 Å². The van der Waals surface area contributed by atoms with Crippen LogP contribution < -0.4 is 0 Å². The SMILES string of the molecule is CCN(CC)C(=O)CCSc1ccc(Cl)cc1. The zero-order valence-electron chi connectivity index (χ0n) is 10.3. The monoisotopic (exact) mass is 271 g/mol. The van der Waals surface area contributed by atoms with Crippen molar-refractivity contribution in [3.8, 4) is 0 Å². The minimum absolute atomic E-state index is 0.233. The number of thioether (sulfide) groups is 1. The van der Waals surface area contributed by atoms with E-state index < -0.39 is 0 Å². The summed E-state index contributed by atoms with van der Waals surface area (Å²) < 4.78 is 0. The third-order valence-corrected chi connectivity index (χ3v) is 3.78. The van der Waals surface area contributed by atoms with E-state index in [1.807, 2.05) is 43.0 Å². The van der Waals surface area contributed by atoms with Gasteiger partial charge in [0.1, 0.15) is 0 Å². The van der Waals surface area contributed by atoms with Gasteiger partial charge >= 0.3 is 0 Å². The van der Waals surface area contributed by atoms with Gasteiger partial charge in [-0.2, -0.15) is 0 Å². The van der Waals surface area contributed by atoms with E-state index in [2.05, 4.69) is 0 Å². The second-order valence-electron chi connectivity index (χ2n) is 3.62. The number of carbonyl (C=O) groups excluding carboxylic acids is 1. The first-order valence-electron chi connectivity index (χ1n) is 5.83. The van der Waals surface area contributed by atoms with Crippen molar-refractivity contribution in [3.63, 3.8) is 0 Å². The summed E-state index contributed by atoms with van der Waals surface area (Å²) in [4.78, 5) is 14.8. The molecule has 0 unspecified atom stereocenters. The van der Waals surface area contributed by atoms with Crippen LogP contribution in [0.4, 0.5) is 0 Å². The lowest BCUT2D eigenvalue weighted by atomic mass is 10.4. The van der Waals surface area contributed by atoms with Gasteiger partial charge in [0, 0.05) is 35.2 Å². The molecule has 1 rings (SSSR count). The molecule has 0 atom stereocenters. The van der Waals surface area contributed by atoms with Gasteiger partial charge in [0.05, 0.1) is 0 Å². The van der Waals surface area contributed by atoms with Gasteiger partial charge in [-0.25, -0.2) is 0 Å². The fourth-order valence-corrected chi connectivity index (χ4v) is 2.49. The van der Waals surface area contributed by atoms with E-state index in [0.717, 1.165) is 28.8 Å². The first kappa shape index (κ1) is 14.4. The molecule has 0 bridgehead atoms. The summed E-state index contributed by atoms with van der Waals surface area (Å²) in [7, 11) is 0. The summed E-state index contributed by atoms with van der Waals surface area (Å²) in [5.41, 5.74) is 0. The molecular weight excluding hydrogens is 254 g/mol. The van der Waals surface area contributed by atoms with Crippen LogP contribution in [-0.2, 0) is 4.79 Å². The van der Waals surface area contributed by atoms with E-state index in [0.29, 0.717) is 6.42 Å². The molecule has 0 aliphatic heterocycles. The molecule has 0 aliphatic rings. The number of benzene rings is 1. The molecule has 0 N–H and O–H groups in total. The highest BCUT2D eigenvalue weighted by atomic mass is 35.5. The van der Waals surface area contributed by atoms with Crippen molar-refractivity contribution < 1.29 is 4.79 Å². The van der Waals surface area contributed by atoms with Crippen molar-refractivity contribution in [3.05, 3.63) is 29.3 Å². The number of halogens is 1. The van der Waals surface area contributed by atoms with Crippen molar-refractivity contribution in [1.82, 2.24) is 4.90 Å². The van der Waals surface area contributed by atoms with E-state index in [4.69, 9.17) is 11.6 Å². The van der Waals surface area contributed by atoms with E-state index in [1.54, 1.807) is 11.8 Å². The lowest BCUT2D eigenvalue weighted by Crippen LogP contribution is -2.30. The van der Waals surface area contributed by atoms with E-state index in [9.17, 15) is 4.79 Å². The Hall–Kier alpha value is -0.670. The van der Waals surface area contributed by atoms with Gasteiger partial charge < -0.3 is 4.90 Å². The molecule has 0 aliphatic carbocycles.